The van der Waals surface area contributed by atoms with Crippen LogP contribution in [0.5, 0.6) is 0 Å². The zero-order chi connectivity index (χ0) is 12.1. The summed E-state index contributed by atoms with van der Waals surface area (Å²) in [4.78, 5) is 0. The quantitative estimate of drug-likeness (QED) is 0.711. The fraction of sp³-hybridized carbons (Fsp3) is 1.00. The van der Waals surface area contributed by atoms with E-state index in [1.807, 2.05) is 0 Å². The third-order valence-electron chi connectivity index (χ3n) is 6.10. The van der Waals surface area contributed by atoms with Crippen molar-refractivity contribution in [3.63, 3.8) is 0 Å². The molecule has 0 spiro atoms. The maximum absolute atomic E-state index is 3.93. The van der Waals surface area contributed by atoms with Crippen molar-refractivity contribution in [2.24, 2.45) is 22.7 Å². The van der Waals surface area contributed by atoms with Gasteiger partial charge in [0.1, 0.15) is 0 Å². The maximum atomic E-state index is 3.93. The van der Waals surface area contributed by atoms with Gasteiger partial charge in [0.25, 0.3) is 0 Å². The molecule has 17 heavy (non-hydrogen) atoms. The van der Waals surface area contributed by atoms with Crippen LogP contribution in [0.3, 0.4) is 0 Å². The van der Waals surface area contributed by atoms with E-state index < -0.39 is 0 Å². The van der Waals surface area contributed by atoms with E-state index in [1.165, 1.54) is 51.5 Å². The van der Waals surface area contributed by atoms with E-state index in [4.69, 9.17) is 0 Å². The Morgan fingerprint density at radius 3 is 2.47 bits per heavy atom. The highest BCUT2D eigenvalue weighted by atomic mass is 15.0. The van der Waals surface area contributed by atoms with Gasteiger partial charge in [0.05, 0.1) is 0 Å². The third-order valence-corrected chi connectivity index (χ3v) is 6.10. The minimum atomic E-state index is 0.534. The molecule has 98 valence electrons. The third kappa shape index (κ3) is 2.05. The van der Waals surface area contributed by atoms with Gasteiger partial charge in [-0.1, -0.05) is 33.6 Å². The fourth-order valence-corrected chi connectivity index (χ4v) is 4.86. The molecule has 3 rings (SSSR count). The van der Waals surface area contributed by atoms with Crippen LogP contribution in [0.2, 0.25) is 0 Å². The molecule has 3 aliphatic carbocycles. The number of rotatable bonds is 5. The highest BCUT2D eigenvalue weighted by molar-refractivity contribution is 5.11. The Hall–Kier alpha value is -0.0400. The zero-order valence-corrected chi connectivity index (χ0v) is 11.9. The van der Waals surface area contributed by atoms with E-state index in [0.29, 0.717) is 10.8 Å². The second-order valence-corrected chi connectivity index (χ2v) is 7.89. The van der Waals surface area contributed by atoms with Gasteiger partial charge in [-0.05, 0) is 61.3 Å². The van der Waals surface area contributed by atoms with Crippen molar-refractivity contribution in [2.75, 3.05) is 6.54 Å². The van der Waals surface area contributed by atoms with Crippen LogP contribution in [0.25, 0.3) is 0 Å². The van der Waals surface area contributed by atoms with Crippen molar-refractivity contribution in [1.82, 2.24) is 5.32 Å². The average molecular weight is 235 g/mol. The normalized spacial score (nSPS) is 43.2. The molecule has 0 aliphatic heterocycles. The largest absolute Gasteiger partial charge is 0.313 e. The van der Waals surface area contributed by atoms with Crippen LogP contribution < -0.4 is 5.32 Å². The molecule has 3 unspecified atom stereocenters. The van der Waals surface area contributed by atoms with E-state index in [1.54, 1.807) is 0 Å². The lowest BCUT2D eigenvalue weighted by molar-refractivity contribution is 0.109. The minimum absolute atomic E-state index is 0.534. The van der Waals surface area contributed by atoms with Crippen LogP contribution in [0.15, 0.2) is 0 Å². The first-order valence-corrected chi connectivity index (χ1v) is 7.76. The van der Waals surface area contributed by atoms with Crippen LogP contribution in [0.4, 0.5) is 0 Å². The lowest BCUT2D eigenvalue weighted by atomic mass is 9.68. The standard InChI is InChI=1S/C16H29N/c1-15(2)13-8-9-16(3,11-13)14(15)17-10-4-5-12-6-7-12/h12-14,17H,4-11H2,1-3H3. The van der Waals surface area contributed by atoms with E-state index in [-0.39, 0.29) is 0 Å². The van der Waals surface area contributed by atoms with Crippen molar-refractivity contribution in [2.45, 2.75) is 71.8 Å². The molecule has 0 saturated heterocycles. The Morgan fingerprint density at radius 1 is 1.12 bits per heavy atom. The molecule has 1 nitrogen and oxygen atoms in total. The fourth-order valence-electron chi connectivity index (χ4n) is 4.86. The van der Waals surface area contributed by atoms with Gasteiger partial charge in [-0.3, -0.25) is 0 Å². The van der Waals surface area contributed by atoms with Gasteiger partial charge in [0.15, 0.2) is 0 Å². The maximum Gasteiger partial charge on any atom is 0.0175 e. The summed E-state index contributed by atoms with van der Waals surface area (Å²) in [6.45, 7) is 8.79. The van der Waals surface area contributed by atoms with Crippen molar-refractivity contribution in [3.8, 4) is 0 Å². The van der Waals surface area contributed by atoms with Crippen LogP contribution >= 0.6 is 0 Å². The van der Waals surface area contributed by atoms with Gasteiger partial charge in [0, 0.05) is 6.04 Å². The summed E-state index contributed by atoms with van der Waals surface area (Å²) in [7, 11) is 0. The van der Waals surface area contributed by atoms with E-state index in [0.717, 1.165) is 17.9 Å². The topological polar surface area (TPSA) is 12.0 Å². The Morgan fingerprint density at radius 2 is 1.88 bits per heavy atom. The molecule has 1 N–H and O–H groups in total. The molecule has 1 heteroatoms. The second-order valence-electron chi connectivity index (χ2n) is 7.89. The first kappa shape index (κ1) is 12.0. The van der Waals surface area contributed by atoms with Crippen molar-refractivity contribution in [3.05, 3.63) is 0 Å². The summed E-state index contributed by atoms with van der Waals surface area (Å²) in [6, 6.07) is 0.771. The predicted octanol–water partition coefficient (Wildman–Crippen LogP) is 3.98. The van der Waals surface area contributed by atoms with Crippen LogP contribution in [-0.4, -0.2) is 12.6 Å². The Balaban J connectivity index is 1.53. The summed E-state index contributed by atoms with van der Waals surface area (Å²) >= 11 is 0. The highest BCUT2D eigenvalue weighted by Crippen LogP contribution is 2.62. The highest BCUT2D eigenvalue weighted by Gasteiger charge is 2.58. The monoisotopic (exact) mass is 235 g/mol. The molecule has 0 aromatic carbocycles. The van der Waals surface area contributed by atoms with Crippen LogP contribution in [0, 0.1) is 22.7 Å². The predicted molar refractivity (Wildman–Crippen MR) is 73.0 cm³/mol. The van der Waals surface area contributed by atoms with Crippen molar-refractivity contribution < 1.29 is 0 Å². The Labute approximate surface area is 107 Å². The van der Waals surface area contributed by atoms with E-state index in [2.05, 4.69) is 26.1 Å². The molecule has 0 aromatic rings. The van der Waals surface area contributed by atoms with Gasteiger partial charge >= 0.3 is 0 Å². The van der Waals surface area contributed by atoms with Crippen molar-refractivity contribution >= 4 is 0 Å². The van der Waals surface area contributed by atoms with Gasteiger partial charge in [-0.25, -0.2) is 0 Å². The summed E-state index contributed by atoms with van der Waals surface area (Å²) in [6.07, 6.45) is 10.3. The van der Waals surface area contributed by atoms with Crippen molar-refractivity contribution in [1.29, 1.82) is 0 Å². The van der Waals surface area contributed by atoms with Gasteiger partial charge < -0.3 is 5.32 Å². The average Bonchev–Trinajstić information content (AvgIpc) is 2.95. The summed E-state index contributed by atoms with van der Waals surface area (Å²) in [5.74, 6) is 2.08. The molecular formula is C16H29N. The lowest BCUT2D eigenvalue weighted by Gasteiger charge is -2.43. The number of fused-ring (bicyclic) bond motifs is 2. The van der Waals surface area contributed by atoms with Gasteiger partial charge in [-0.15, -0.1) is 0 Å². The summed E-state index contributed by atoms with van der Waals surface area (Å²) < 4.78 is 0. The van der Waals surface area contributed by atoms with Gasteiger partial charge in [-0.2, -0.15) is 0 Å². The molecule has 3 aliphatic rings. The lowest BCUT2D eigenvalue weighted by Crippen LogP contribution is -2.50. The second kappa shape index (κ2) is 3.98. The Kier molecular flexibility index (Phi) is 2.81. The number of hydrogen-bond donors (Lipinski definition) is 1. The van der Waals surface area contributed by atoms with Crippen LogP contribution in [-0.2, 0) is 0 Å². The minimum Gasteiger partial charge on any atom is -0.313 e. The Bertz CT molecular complexity index is 287. The van der Waals surface area contributed by atoms with Crippen LogP contribution in [0.1, 0.15) is 65.7 Å². The molecule has 0 heterocycles. The number of hydrogen-bond acceptors (Lipinski definition) is 1. The SMILES string of the molecule is CC12CCC(C1)C(C)(C)C2NCCCC1CC1. The molecular weight excluding hydrogens is 206 g/mol. The molecule has 3 fully saturated rings. The molecule has 0 amide bonds. The smallest absolute Gasteiger partial charge is 0.0175 e. The first-order chi connectivity index (χ1) is 8.02. The molecule has 2 bridgehead atoms. The van der Waals surface area contributed by atoms with E-state index >= 15 is 0 Å². The molecule has 3 atom stereocenters. The summed E-state index contributed by atoms with van der Waals surface area (Å²) in [5.41, 5.74) is 1.14. The summed E-state index contributed by atoms with van der Waals surface area (Å²) in [5, 5.41) is 3.93. The number of nitrogens with one attached hydrogen (secondary N) is 1. The van der Waals surface area contributed by atoms with E-state index in [9.17, 15) is 0 Å². The zero-order valence-electron chi connectivity index (χ0n) is 11.9. The molecule has 0 radical (unpaired) electrons. The van der Waals surface area contributed by atoms with Gasteiger partial charge in [0.2, 0.25) is 0 Å². The molecule has 0 aromatic heterocycles. The molecule has 3 saturated carbocycles. The first-order valence-electron chi connectivity index (χ1n) is 7.76.